The molecule has 1 N–H and O–H groups in total. The summed E-state index contributed by atoms with van der Waals surface area (Å²) in [6.45, 7) is 0. The number of nitrogens with zero attached hydrogens (tertiary/aromatic N) is 2. The molecule has 15 heavy (non-hydrogen) atoms. The lowest BCUT2D eigenvalue weighted by molar-refractivity contribution is 0.304. The van der Waals surface area contributed by atoms with Gasteiger partial charge in [-0.2, -0.15) is 0 Å². The number of rotatable bonds is 4. The number of hydrogen-bond donors (Lipinski definition) is 1. The third-order valence-corrected chi connectivity index (χ3v) is 2.36. The summed E-state index contributed by atoms with van der Waals surface area (Å²) in [6, 6.07) is 3.95. The van der Waals surface area contributed by atoms with Gasteiger partial charge in [-0.05, 0) is 25.0 Å². The van der Waals surface area contributed by atoms with Gasteiger partial charge >= 0.3 is 0 Å². The van der Waals surface area contributed by atoms with Crippen LogP contribution in [0, 0.1) is 0 Å². The minimum Gasteiger partial charge on any atom is -0.487 e. The summed E-state index contributed by atoms with van der Waals surface area (Å²) in [5.74, 6) is 2.60. The fraction of sp³-hybridized carbons (Fsp3) is 0.545. The van der Waals surface area contributed by atoms with Gasteiger partial charge in [0.05, 0.1) is 6.10 Å². The Kier molecular flexibility index (Phi) is 2.66. The van der Waals surface area contributed by atoms with Crippen LogP contribution in [0.4, 0.5) is 11.6 Å². The van der Waals surface area contributed by atoms with Gasteiger partial charge in [0.25, 0.3) is 0 Å². The molecule has 2 rings (SSSR count). The number of nitrogens with one attached hydrogen (secondary N) is 1. The molecule has 0 atom stereocenters. The fourth-order valence-corrected chi connectivity index (χ4v) is 1.32. The normalized spacial score (nSPS) is 14.9. The average molecular weight is 207 g/mol. The highest BCUT2D eigenvalue weighted by molar-refractivity contribution is 5.56. The largest absolute Gasteiger partial charge is 0.487 e. The van der Waals surface area contributed by atoms with E-state index in [0.29, 0.717) is 6.10 Å². The van der Waals surface area contributed by atoms with Gasteiger partial charge in [-0.25, -0.2) is 4.98 Å². The van der Waals surface area contributed by atoms with E-state index in [0.717, 1.165) is 17.4 Å². The number of aromatic nitrogens is 1. The Morgan fingerprint density at radius 1 is 1.40 bits per heavy atom. The van der Waals surface area contributed by atoms with E-state index in [2.05, 4.69) is 10.3 Å². The Morgan fingerprint density at radius 2 is 2.13 bits per heavy atom. The van der Waals surface area contributed by atoms with Crippen LogP contribution in [-0.4, -0.2) is 32.2 Å². The van der Waals surface area contributed by atoms with Crippen molar-refractivity contribution >= 4 is 11.6 Å². The number of pyridine rings is 1. The zero-order valence-corrected chi connectivity index (χ0v) is 9.45. The lowest BCUT2D eigenvalue weighted by Crippen LogP contribution is -2.12. The molecule has 1 saturated carbocycles. The van der Waals surface area contributed by atoms with Crippen LogP contribution in [0.15, 0.2) is 12.1 Å². The van der Waals surface area contributed by atoms with Gasteiger partial charge in [0.2, 0.25) is 0 Å². The van der Waals surface area contributed by atoms with E-state index in [4.69, 9.17) is 4.74 Å². The van der Waals surface area contributed by atoms with Crippen molar-refractivity contribution in [3.05, 3.63) is 12.1 Å². The van der Waals surface area contributed by atoms with Crippen molar-refractivity contribution in [3.63, 3.8) is 0 Å². The number of anilines is 2. The summed E-state index contributed by atoms with van der Waals surface area (Å²) in [5.41, 5.74) is 0. The molecule has 4 nitrogen and oxygen atoms in total. The second-order valence-electron chi connectivity index (χ2n) is 3.98. The van der Waals surface area contributed by atoms with Crippen molar-refractivity contribution in [2.45, 2.75) is 18.9 Å². The van der Waals surface area contributed by atoms with Crippen LogP contribution < -0.4 is 15.0 Å². The van der Waals surface area contributed by atoms with E-state index < -0.39 is 0 Å². The molecule has 1 aromatic rings. The van der Waals surface area contributed by atoms with Crippen molar-refractivity contribution in [1.29, 1.82) is 0 Å². The molecule has 4 heteroatoms. The smallest absolute Gasteiger partial charge is 0.170 e. The van der Waals surface area contributed by atoms with Crippen LogP contribution in [0.5, 0.6) is 5.75 Å². The third-order valence-electron chi connectivity index (χ3n) is 2.36. The molecule has 0 aromatic carbocycles. The maximum absolute atomic E-state index is 5.74. The lowest BCUT2D eigenvalue weighted by Gasteiger charge is -2.15. The second-order valence-corrected chi connectivity index (χ2v) is 3.98. The summed E-state index contributed by atoms with van der Waals surface area (Å²) in [6.07, 6.45) is 2.74. The molecule has 1 fully saturated rings. The van der Waals surface area contributed by atoms with Crippen LogP contribution in [0.3, 0.4) is 0 Å². The Morgan fingerprint density at radius 3 is 2.67 bits per heavy atom. The molecule has 1 aromatic heterocycles. The molecule has 0 unspecified atom stereocenters. The zero-order valence-electron chi connectivity index (χ0n) is 9.45. The second kappa shape index (κ2) is 3.96. The summed E-state index contributed by atoms with van der Waals surface area (Å²) < 4.78 is 5.74. The SMILES string of the molecule is CNc1nc(N(C)C)ccc1OC1CC1. The first-order chi connectivity index (χ1) is 7.20. The lowest BCUT2D eigenvalue weighted by atomic mass is 10.4. The Labute approximate surface area is 90.3 Å². The zero-order chi connectivity index (χ0) is 10.8. The Hall–Kier alpha value is -1.45. The van der Waals surface area contributed by atoms with Crippen molar-refractivity contribution in [3.8, 4) is 5.75 Å². The van der Waals surface area contributed by atoms with E-state index >= 15 is 0 Å². The van der Waals surface area contributed by atoms with Gasteiger partial charge in [0, 0.05) is 21.1 Å². The topological polar surface area (TPSA) is 37.4 Å². The van der Waals surface area contributed by atoms with Crippen LogP contribution in [0.1, 0.15) is 12.8 Å². The van der Waals surface area contributed by atoms with Gasteiger partial charge in [0.15, 0.2) is 11.6 Å². The molecule has 0 saturated heterocycles. The molecule has 1 aliphatic carbocycles. The van der Waals surface area contributed by atoms with E-state index in [-0.39, 0.29) is 0 Å². The van der Waals surface area contributed by atoms with Gasteiger partial charge < -0.3 is 15.0 Å². The van der Waals surface area contributed by atoms with E-state index in [1.807, 2.05) is 38.2 Å². The van der Waals surface area contributed by atoms with E-state index in [1.54, 1.807) is 0 Å². The van der Waals surface area contributed by atoms with Gasteiger partial charge in [-0.15, -0.1) is 0 Å². The fourth-order valence-electron chi connectivity index (χ4n) is 1.32. The Bertz CT molecular complexity index is 348. The Balaban J connectivity index is 2.21. The molecule has 82 valence electrons. The third kappa shape index (κ3) is 2.32. The van der Waals surface area contributed by atoms with E-state index in [9.17, 15) is 0 Å². The summed E-state index contributed by atoms with van der Waals surface area (Å²) >= 11 is 0. The number of ether oxygens (including phenoxy) is 1. The summed E-state index contributed by atoms with van der Waals surface area (Å²) in [4.78, 5) is 6.44. The molecule has 0 bridgehead atoms. The average Bonchev–Trinajstić information content (AvgIpc) is 3.02. The van der Waals surface area contributed by atoms with Crippen molar-refractivity contribution in [1.82, 2.24) is 4.98 Å². The molecule has 0 aliphatic heterocycles. The highest BCUT2D eigenvalue weighted by Gasteiger charge is 2.24. The highest BCUT2D eigenvalue weighted by Crippen LogP contribution is 2.31. The summed E-state index contributed by atoms with van der Waals surface area (Å²) in [7, 11) is 5.81. The number of hydrogen-bond acceptors (Lipinski definition) is 4. The van der Waals surface area contributed by atoms with Crippen LogP contribution in [0.2, 0.25) is 0 Å². The standard InChI is InChI=1S/C11H17N3O/c1-12-11-9(15-8-4-5-8)6-7-10(13-11)14(2)3/h6-8H,4-5H2,1-3H3,(H,12,13). The molecular weight excluding hydrogens is 190 g/mol. The van der Waals surface area contributed by atoms with Gasteiger partial charge in [-0.1, -0.05) is 0 Å². The predicted molar refractivity (Wildman–Crippen MR) is 61.8 cm³/mol. The quantitative estimate of drug-likeness (QED) is 0.816. The van der Waals surface area contributed by atoms with Crippen LogP contribution in [0.25, 0.3) is 0 Å². The van der Waals surface area contributed by atoms with Gasteiger partial charge in [-0.3, -0.25) is 0 Å². The minimum atomic E-state index is 0.407. The molecule has 0 amide bonds. The highest BCUT2D eigenvalue weighted by atomic mass is 16.5. The minimum absolute atomic E-state index is 0.407. The molecule has 1 heterocycles. The van der Waals surface area contributed by atoms with Gasteiger partial charge in [0.1, 0.15) is 5.82 Å². The first kappa shape index (κ1) is 10.1. The van der Waals surface area contributed by atoms with Crippen molar-refractivity contribution in [2.24, 2.45) is 0 Å². The first-order valence-corrected chi connectivity index (χ1v) is 5.23. The van der Waals surface area contributed by atoms with Crippen LogP contribution >= 0.6 is 0 Å². The monoisotopic (exact) mass is 207 g/mol. The maximum atomic E-state index is 5.74. The van der Waals surface area contributed by atoms with Crippen molar-refractivity contribution < 1.29 is 4.74 Å². The molecular formula is C11H17N3O. The van der Waals surface area contributed by atoms with Crippen LogP contribution in [-0.2, 0) is 0 Å². The molecule has 0 radical (unpaired) electrons. The van der Waals surface area contributed by atoms with Crippen molar-refractivity contribution in [2.75, 3.05) is 31.4 Å². The molecule has 1 aliphatic rings. The summed E-state index contributed by atoms with van der Waals surface area (Å²) in [5, 5.41) is 3.06. The molecule has 0 spiro atoms. The predicted octanol–water partition coefficient (Wildman–Crippen LogP) is 1.73. The maximum Gasteiger partial charge on any atom is 0.170 e. The van der Waals surface area contributed by atoms with E-state index in [1.165, 1.54) is 12.8 Å². The first-order valence-electron chi connectivity index (χ1n) is 5.23.